The topological polar surface area (TPSA) is 0 Å². The minimum absolute atomic E-state index is 0. The molecule has 0 N–H and O–H groups in total. The molecule has 0 aromatic rings. The molecule has 0 unspecified atom stereocenters. The monoisotopic (exact) mass is 632 g/mol. The lowest BCUT2D eigenvalue weighted by Gasteiger charge is -2.28. The molecule has 0 heterocycles. The van der Waals surface area contributed by atoms with Crippen LogP contribution in [0.4, 0.5) is 0 Å². The maximum absolute atomic E-state index is 2.36. The Kier molecular flexibility index (Phi) is 40.7. The molecule has 0 nitrogen and oxygen atoms in total. The van der Waals surface area contributed by atoms with E-state index in [9.17, 15) is 0 Å². The maximum Gasteiger partial charge on any atom is 0.0594 e. The molecule has 0 radical (unpaired) electrons. The van der Waals surface area contributed by atoms with Crippen molar-refractivity contribution in [2.75, 3.05) is 49.3 Å². The molecular formula is C32H72BrClP2. The molecule has 0 fully saturated rings. The fourth-order valence-electron chi connectivity index (χ4n) is 5.29. The third kappa shape index (κ3) is 24.7. The summed E-state index contributed by atoms with van der Waals surface area (Å²) in [6.45, 7) is 18.8. The van der Waals surface area contributed by atoms with Gasteiger partial charge < -0.3 is 29.4 Å². The normalized spacial score (nSPS) is 11.3. The first kappa shape index (κ1) is 44.6. The summed E-state index contributed by atoms with van der Waals surface area (Å²) in [6, 6.07) is 0. The molecule has 0 amide bonds. The van der Waals surface area contributed by atoms with Crippen LogP contribution < -0.4 is 29.4 Å². The third-order valence-electron chi connectivity index (χ3n) is 7.89. The van der Waals surface area contributed by atoms with Crippen LogP contribution >= 0.6 is 14.5 Å². The average molecular weight is 634 g/mol. The van der Waals surface area contributed by atoms with Gasteiger partial charge in [-0.1, -0.05) is 107 Å². The molecule has 0 atom stereocenters. The number of hydrogen-bond donors (Lipinski definition) is 0. The smallest absolute Gasteiger partial charge is 0.0594 e. The van der Waals surface area contributed by atoms with Gasteiger partial charge in [-0.2, -0.15) is 0 Å². The van der Waals surface area contributed by atoms with Crippen molar-refractivity contribution in [3.8, 4) is 0 Å². The van der Waals surface area contributed by atoms with Crippen LogP contribution in [0.5, 0.6) is 0 Å². The van der Waals surface area contributed by atoms with Gasteiger partial charge in [0.2, 0.25) is 0 Å². The summed E-state index contributed by atoms with van der Waals surface area (Å²) < 4.78 is 0. The van der Waals surface area contributed by atoms with Crippen LogP contribution in [0.3, 0.4) is 0 Å². The molecule has 224 valence electrons. The Balaban J connectivity index is -0.000000269. The van der Waals surface area contributed by atoms with Crippen LogP contribution in [0.1, 0.15) is 158 Å². The summed E-state index contributed by atoms with van der Waals surface area (Å²) in [7, 11) is -1.12. The van der Waals surface area contributed by atoms with Gasteiger partial charge in [-0.15, -0.1) is 0 Å². The fourth-order valence-corrected chi connectivity index (χ4v) is 15.9. The van der Waals surface area contributed by atoms with Crippen LogP contribution in [-0.4, -0.2) is 49.3 Å². The Hall–Kier alpha value is 1.63. The van der Waals surface area contributed by atoms with Gasteiger partial charge in [-0.25, -0.2) is 0 Å². The Morgan fingerprint density at radius 2 is 0.389 bits per heavy atom. The van der Waals surface area contributed by atoms with Gasteiger partial charge in [-0.3, -0.25) is 0 Å². The Bertz CT molecular complexity index is 281. The van der Waals surface area contributed by atoms with Crippen LogP contribution in [-0.2, 0) is 0 Å². The summed E-state index contributed by atoms with van der Waals surface area (Å²) in [6.07, 6.45) is 35.9. The van der Waals surface area contributed by atoms with Crippen molar-refractivity contribution >= 4 is 14.5 Å². The van der Waals surface area contributed by atoms with Gasteiger partial charge in [0.15, 0.2) is 0 Å². The first-order valence-electron chi connectivity index (χ1n) is 16.2. The molecule has 0 aliphatic heterocycles. The molecule has 0 aliphatic carbocycles. The first-order chi connectivity index (χ1) is 16.5. The lowest BCUT2D eigenvalue weighted by Crippen LogP contribution is -3.00. The zero-order valence-corrected chi connectivity index (χ0v) is 30.8. The Morgan fingerprint density at radius 1 is 0.278 bits per heavy atom. The fraction of sp³-hybridized carbons (Fsp3) is 1.00. The largest absolute Gasteiger partial charge is 1.00 e. The maximum atomic E-state index is 2.36. The first-order valence-corrected chi connectivity index (χ1v) is 21.2. The molecule has 0 aromatic heterocycles. The molecule has 0 aliphatic rings. The van der Waals surface area contributed by atoms with E-state index in [-0.39, 0.29) is 29.4 Å². The molecule has 0 aromatic carbocycles. The van der Waals surface area contributed by atoms with Crippen molar-refractivity contribution in [2.24, 2.45) is 0 Å². The zero-order valence-electron chi connectivity index (χ0n) is 26.6. The molecule has 0 rings (SSSR count). The lowest BCUT2D eigenvalue weighted by atomic mass is 10.4. The summed E-state index contributed by atoms with van der Waals surface area (Å²) in [4.78, 5) is 0. The Morgan fingerprint density at radius 3 is 0.472 bits per heavy atom. The van der Waals surface area contributed by atoms with E-state index in [0.717, 1.165) is 0 Å². The van der Waals surface area contributed by atoms with Crippen LogP contribution in [0.15, 0.2) is 0 Å². The average Bonchev–Trinajstić information content (AvgIpc) is 2.87. The third-order valence-corrected chi connectivity index (χ3v) is 18.0. The highest BCUT2D eigenvalue weighted by Crippen LogP contribution is 2.62. The van der Waals surface area contributed by atoms with Gasteiger partial charge in [0, 0.05) is 14.5 Å². The Labute approximate surface area is 250 Å². The van der Waals surface area contributed by atoms with Gasteiger partial charge in [-0.05, 0) is 51.4 Å². The molecule has 0 saturated carbocycles. The van der Waals surface area contributed by atoms with Gasteiger partial charge >= 0.3 is 0 Å². The number of unbranched alkanes of at least 4 members (excludes halogenated alkanes) is 8. The molecule has 36 heavy (non-hydrogen) atoms. The van der Waals surface area contributed by atoms with Crippen molar-refractivity contribution in [2.45, 2.75) is 158 Å². The number of halogens is 2. The second-order valence-corrected chi connectivity index (χ2v) is 20.2. The summed E-state index contributed by atoms with van der Waals surface area (Å²) >= 11 is 0. The highest BCUT2D eigenvalue weighted by Gasteiger charge is 2.35. The van der Waals surface area contributed by atoms with Crippen molar-refractivity contribution in [1.82, 2.24) is 0 Å². The van der Waals surface area contributed by atoms with E-state index in [1.54, 1.807) is 49.3 Å². The molecular weight excluding hydrogens is 562 g/mol. The van der Waals surface area contributed by atoms with E-state index < -0.39 is 14.5 Å². The molecule has 0 bridgehead atoms. The number of rotatable bonds is 24. The van der Waals surface area contributed by atoms with E-state index in [2.05, 4.69) is 55.4 Å². The van der Waals surface area contributed by atoms with Crippen molar-refractivity contribution in [1.29, 1.82) is 0 Å². The SMILES string of the molecule is CCCC[P+](CCCC)(CCCC)CCCC.CCCC[P+](CCCC)(CCCC)CCCC.[Br-].[Cl-]. The van der Waals surface area contributed by atoms with Gasteiger partial charge in [0.1, 0.15) is 0 Å². The summed E-state index contributed by atoms with van der Waals surface area (Å²) in [5, 5.41) is 0. The standard InChI is InChI=1S/2C16H36P.BrH.ClH/c2*1-5-9-13-17(14-10-6-2,15-11-7-3)16-12-8-4;;/h2*5-16H2,1-4H3;2*1H/q2*+1;;/p-2. The van der Waals surface area contributed by atoms with E-state index in [0.29, 0.717) is 0 Å². The van der Waals surface area contributed by atoms with Gasteiger partial charge in [0.25, 0.3) is 0 Å². The van der Waals surface area contributed by atoms with Crippen LogP contribution in [0, 0.1) is 0 Å². The second-order valence-electron chi connectivity index (χ2n) is 11.3. The van der Waals surface area contributed by atoms with Crippen molar-refractivity contribution in [3.63, 3.8) is 0 Å². The van der Waals surface area contributed by atoms with E-state index >= 15 is 0 Å². The highest BCUT2D eigenvalue weighted by molar-refractivity contribution is 7.76. The van der Waals surface area contributed by atoms with Crippen LogP contribution in [0.2, 0.25) is 0 Å². The quantitative estimate of drug-likeness (QED) is 0.108. The van der Waals surface area contributed by atoms with E-state index in [1.165, 1.54) is 103 Å². The molecule has 0 saturated heterocycles. The van der Waals surface area contributed by atoms with Gasteiger partial charge in [0.05, 0.1) is 49.3 Å². The second kappa shape index (κ2) is 32.8. The van der Waals surface area contributed by atoms with E-state index in [4.69, 9.17) is 0 Å². The minimum atomic E-state index is -0.562. The molecule has 0 spiro atoms. The minimum Gasteiger partial charge on any atom is -1.00 e. The predicted molar refractivity (Wildman–Crippen MR) is 172 cm³/mol. The molecule has 4 heteroatoms. The van der Waals surface area contributed by atoms with Crippen molar-refractivity contribution < 1.29 is 29.4 Å². The number of hydrogen-bond acceptors (Lipinski definition) is 0. The lowest BCUT2D eigenvalue weighted by molar-refractivity contribution is -0.00100. The van der Waals surface area contributed by atoms with Crippen molar-refractivity contribution in [3.05, 3.63) is 0 Å². The van der Waals surface area contributed by atoms with Crippen LogP contribution in [0.25, 0.3) is 0 Å². The summed E-state index contributed by atoms with van der Waals surface area (Å²) in [5.41, 5.74) is 0. The van der Waals surface area contributed by atoms with E-state index in [1.807, 2.05) is 0 Å². The zero-order chi connectivity index (χ0) is 26.0. The predicted octanol–water partition coefficient (Wildman–Crippen LogP) is 6.42. The summed E-state index contributed by atoms with van der Waals surface area (Å²) in [5.74, 6) is 0. The highest BCUT2D eigenvalue weighted by atomic mass is 79.9.